The minimum atomic E-state index is -3.91. The molecular formula is C17H16F2N4O3S. The average molecular weight is 394 g/mol. The first kappa shape index (κ1) is 18.9. The first-order valence-electron chi connectivity index (χ1n) is 7.93. The van der Waals surface area contributed by atoms with Crippen molar-refractivity contribution in [2.24, 2.45) is 7.05 Å². The summed E-state index contributed by atoms with van der Waals surface area (Å²) in [5.74, 6) is -0.745. The van der Waals surface area contributed by atoms with Crippen LogP contribution >= 0.6 is 0 Å². The molecule has 0 atom stereocenters. The lowest BCUT2D eigenvalue weighted by Gasteiger charge is -2.06. The van der Waals surface area contributed by atoms with Gasteiger partial charge in [-0.05, 0) is 42.5 Å². The van der Waals surface area contributed by atoms with Crippen LogP contribution in [0.5, 0.6) is 0 Å². The van der Waals surface area contributed by atoms with Gasteiger partial charge in [-0.2, -0.15) is 0 Å². The van der Waals surface area contributed by atoms with Crippen molar-refractivity contribution < 1.29 is 17.2 Å². The molecule has 3 aromatic rings. The van der Waals surface area contributed by atoms with Gasteiger partial charge in [0.15, 0.2) is 5.82 Å². The lowest BCUT2D eigenvalue weighted by Crippen LogP contribution is -2.31. The van der Waals surface area contributed by atoms with Gasteiger partial charge < -0.3 is 0 Å². The maximum Gasteiger partial charge on any atom is 0.345 e. The van der Waals surface area contributed by atoms with Crippen molar-refractivity contribution in [1.82, 2.24) is 19.1 Å². The van der Waals surface area contributed by atoms with E-state index in [0.717, 1.165) is 16.8 Å². The van der Waals surface area contributed by atoms with Crippen molar-refractivity contribution >= 4 is 10.0 Å². The van der Waals surface area contributed by atoms with Gasteiger partial charge in [0.25, 0.3) is 0 Å². The summed E-state index contributed by atoms with van der Waals surface area (Å²) in [5, 5.41) is 4.17. The van der Waals surface area contributed by atoms with E-state index >= 15 is 0 Å². The Labute approximate surface area is 153 Å². The lowest BCUT2D eigenvalue weighted by atomic mass is 10.2. The zero-order chi connectivity index (χ0) is 19.6. The predicted molar refractivity (Wildman–Crippen MR) is 94.5 cm³/mol. The second kappa shape index (κ2) is 7.41. The highest BCUT2D eigenvalue weighted by Gasteiger charge is 2.16. The Kier molecular flexibility index (Phi) is 5.19. The fraction of sp³-hybridized carbons (Fsp3) is 0.176. The van der Waals surface area contributed by atoms with Crippen molar-refractivity contribution in [3.63, 3.8) is 0 Å². The van der Waals surface area contributed by atoms with Crippen molar-refractivity contribution in [2.45, 2.75) is 11.4 Å². The second-order valence-electron chi connectivity index (χ2n) is 5.75. The monoisotopic (exact) mass is 394 g/mol. The molecule has 0 unspecified atom stereocenters. The molecule has 2 aromatic carbocycles. The minimum Gasteiger partial charge on any atom is -0.278 e. The number of hydrogen-bond acceptors (Lipinski definition) is 4. The highest BCUT2D eigenvalue weighted by Crippen LogP contribution is 2.15. The van der Waals surface area contributed by atoms with Crippen LogP contribution in [-0.2, 0) is 23.6 Å². The lowest BCUT2D eigenvalue weighted by molar-refractivity contribution is 0.549. The van der Waals surface area contributed by atoms with E-state index < -0.39 is 27.3 Å². The zero-order valence-corrected chi connectivity index (χ0v) is 15.1. The topological polar surface area (TPSA) is 86.0 Å². The average Bonchev–Trinajstić information content (AvgIpc) is 2.91. The quantitative estimate of drug-likeness (QED) is 0.687. The van der Waals surface area contributed by atoms with Crippen LogP contribution in [0.4, 0.5) is 8.78 Å². The summed E-state index contributed by atoms with van der Waals surface area (Å²) >= 11 is 0. The van der Waals surface area contributed by atoms with Gasteiger partial charge in [0.2, 0.25) is 10.0 Å². The van der Waals surface area contributed by atoms with Crippen LogP contribution in [0.3, 0.4) is 0 Å². The molecule has 3 rings (SSSR count). The summed E-state index contributed by atoms with van der Waals surface area (Å²) in [6.07, 6.45) is 0. The van der Waals surface area contributed by atoms with Gasteiger partial charge >= 0.3 is 5.69 Å². The molecule has 1 aromatic heterocycles. The molecule has 27 heavy (non-hydrogen) atoms. The number of halogens is 2. The molecule has 1 N–H and O–H groups in total. The molecule has 1 heterocycles. The first-order chi connectivity index (χ1) is 12.8. The number of rotatable bonds is 6. The number of nitrogens with zero attached hydrogens (tertiary/aromatic N) is 3. The first-order valence-corrected chi connectivity index (χ1v) is 9.41. The molecule has 10 heteroatoms. The van der Waals surface area contributed by atoms with Crippen LogP contribution < -0.4 is 10.4 Å². The molecule has 0 radical (unpaired) electrons. The summed E-state index contributed by atoms with van der Waals surface area (Å²) in [6, 6.07) is 10.1. The largest absolute Gasteiger partial charge is 0.345 e. The minimum absolute atomic E-state index is 0.0254. The van der Waals surface area contributed by atoms with Gasteiger partial charge in [-0.3, -0.25) is 4.57 Å². The second-order valence-corrected chi connectivity index (χ2v) is 7.52. The summed E-state index contributed by atoms with van der Waals surface area (Å²) < 4.78 is 55.3. The molecule has 0 aliphatic carbocycles. The van der Waals surface area contributed by atoms with E-state index in [2.05, 4.69) is 9.82 Å². The van der Waals surface area contributed by atoms with Crippen LogP contribution in [0.15, 0.2) is 58.2 Å². The fourth-order valence-electron chi connectivity index (χ4n) is 2.49. The van der Waals surface area contributed by atoms with Crippen LogP contribution in [0.1, 0.15) is 0 Å². The summed E-state index contributed by atoms with van der Waals surface area (Å²) in [7, 11) is -2.39. The molecule has 0 amide bonds. The summed E-state index contributed by atoms with van der Waals surface area (Å²) in [6.45, 7) is -0.138. The van der Waals surface area contributed by atoms with Gasteiger partial charge in [0, 0.05) is 19.2 Å². The summed E-state index contributed by atoms with van der Waals surface area (Å²) in [4.78, 5) is 12.1. The van der Waals surface area contributed by atoms with E-state index in [-0.39, 0.29) is 18.0 Å². The summed E-state index contributed by atoms with van der Waals surface area (Å²) in [5.41, 5.74) is 0.106. The molecule has 0 saturated heterocycles. The fourth-order valence-corrected chi connectivity index (χ4v) is 3.54. The third kappa shape index (κ3) is 4.12. The van der Waals surface area contributed by atoms with Crippen LogP contribution in [0.25, 0.3) is 11.4 Å². The van der Waals surface area contributed by atoms with Crippen molar-refractivity contribution in [3.05, 3.63) is 70.6 Å². The normalized spacial score (nSPS) is 11.7. The molecule has 142 valence electrons. The van der Waals surface area contributed by atoms with Crippen LogP contribution in [-0.4, -0.2) is 29.3 Å². The van der Waals surface area contributed by atoms with Gasteiger partial charge in [0.1, 0.15) is 11.6 Å². The van der Waals surface area contributed by atoms with Crippen LogP contribution in [0, 0.1) is 11.6 Å². The number of benzene rings is 2. The highest BCUT2D eigenvalue weighted by molar-refractivity contribution is 7.89. The predicted octanol–water partition coefficient (Wildman–Crippen LogP) is 1.51. The van der Waals surface area contributed by atoms with E-state index in [4.69, 9.17) is 0 Å². The zero-order valence-electron chi connectivity index (χ0n) is 14.3. The van der Waals surface area contributed by atoms with E-state index in [1.54, 1.807) is 0 Å². The van der Waals surface area contributed by atoms with Gasteiger partial charge in [-0.1, -0.05) is 6.07 Å². The maximum absolute atomic E-state index is 13.2. The Bertz CT molecular complexity index is 1120. The number of nitrogens with one attached hydrogen (secondary N) is 1. The molecule has 7 nitrogen and oxygen atoms in total. The van der Waals surface area contributed by atoms with Gasteiger partial charge in [-0.15, -0.1) is 5.10 Å². The molecule has 0 aliphatic rings. The Morgan fingerprint density at radius 2 is 1.78 bits per heavy atom. The van der Waals surface area contributed by atoms with Crippen LogP contribution in [0.2, 0.25) is 0 Å². The Hall–Kier alpha value is -2.85. The SMILES string of the molecule is Cn1c(-c2ccc(F)cc2)nn(CCNS(=O)(=O)c2cccc(F)c2)c1=O. The molecule has 0 saturated carbocycles. The van der Waals surface area contributed by atoms with Gasteiger partial charge in [0.05, 0.1) is 11.4 Å². The molecule has 0 aliphatic heterocycles. The number of sulfonamides is 1. The maximum atomic E-state index is 13.2. The smallest absolute Gasteiger partial charge is 0.278 e. The molecular weight excluding hydrogens is 378 g/mol. The Morgan fingerprint density at radius 3 is 2.44 bits per heavy atom. The Morgan fingerprint density at radius 1 is 1.07 bits per heavy atom. The van der Waals surface area contributed by atoms with E-state index in [1.807, 2.05) is 0 Å². The van der Waals surface area contributed by atoms with Crippen molar-refractivity contribution in [1.29, 1.82) is 0 Å². The van der Waals surface area contributed by atoms with E-state index in [9.17, 15) is 22.0 Å². The third-order valence-corrected chi connectivity index (χ3v) is 5.32. The number of aromatic nitrogens is 3. The standard InChI is InChI=1S/C17H16F2N4O3S/c1-22-16(12-5-7-13(18)8-6-12)21-23(17(22)24)10-9-20-27(25,26)15-4-2-3-14(19)11-15/h2-8,11,20H,9-10H2,1H3. The van der Waals surface area contributed by atoms with Crippen molar-refractivity contribution in [3.8, 4) is 11.4 Å². The highest BCUT2D eigenvalue weighted by atomic mass is 32.2. The number of hydrogen-bond donors (Lipinski definition) is 1. The van der Waals surface area contributed by atoms with E-state index in [0.29, 0.717) is 11.4 Å². The Balaban J connectivity index is 1.74. The third-order valence-electron chi connectivity index (χ3n) is 3.87. The van der Waals surface area contributed by atoms with Gasteiger partial charge in [-0.25, -0.2) is 31.4 Å². The molecule has 0 bridgehead atoms. The molecule has 0 spiro atoms. The molecule has 0 fully saturated rings. The van der Waals surface area contributed by atoms with E-state index in [1.165, 1.54) is 48.0 Å². The van der Waals surface area contributed by atoms with Crippen molar-refractivity contribution in [2.75, 3.05) is 6.54 Å².